The lowest BCUT2D eigenvalue weighted by molar-refractivity contribution is 0.0698. The normalized spacial score (nSPS) is 10.1. The zero-order valence-corrected chi connectivity index (χ0v) is 10.5. The molecule has 0 aliphatic rings. The number of carbonyl (C=O) groups is 1. The first-order valence-electron chi connectivity index (χ1n) is 6.07. The third kappa shape index (κ3) is 3.48. The largest absolute Gasteiger partial charge is 0.478 e. The standard InChI is InChI=1S/C15H16N2O2/c16-12-6-7-13(15(18)19)14(10-12)17-9-8-11-4-2-1-3-5-11/h1-7,10,17H,8-9,16H2,(H,18,19). The van der Waals surface area contributed by atoms with Gasteiger partial charge in [0.2, 0.25) is 0 Å². The van der Waals surface area contributed by atoms with E-state index in [9.17, 15) is 4.79 Å². The van der Waals surface area contributed by atoms with Crippen LogP contribution in [0.4, 0.5) is 11.4 Å². The van der Waals surface area contributed by atoms with Gasteiger partial charge in [-0.2, -0.15) is 0 Å². The summed E-state index contributed by atoms with van der Waals surface area (Å²) in [6, 6.07) is 14.8. The Morgan fingerprint density at radius 1 is 1.16 bits per heavy atom. The van der Waals surface area contributed by atoms with Crippen LogP contribution in [0.5, 0.6) is 0 Å². The lowest BCUT2D eigenvalue weighted by Gasteiger charge is -2.10. The van der Waals surface area contributed by atoms with Gasteiger partial charge in [0, 0.05) is 12.2 Å². The number of rotatable bonds is 5. The molecule has 0 saturated heterocycles. The number of hydrogen-bond acceptors (Lipinski definition) is 3. The van der Waals surface area contributed by atoms with Crippen LogP contribution in [-0.4, -0.2) is 17.6 Å². The number of hydrogen-bond donors (Lipinski definition) is 3. The van der Waals surface area contributed by atoms with Crippen molar-refractivity contribution in [1.29, 1.82) is 0 Å². The molecule has 0 fully saturated rings. The molecular formula is C15H16N2O2. The van der Waals surface area contributed by atoms with Crippen LogP contribution in [0.1, 0.15) is 15.9 Å². The van der Waals surface area contributed by atoms with E-state index in [-0.39, 0.29) is 5.56 Å². The Morgan fingerprint density at radius 2 is 1.89 bits per heavy atom. The van der Waals surface area contributed by atoms with Gasteiger partial charge in [0.15, 0.2) is 0 Å². The molecule has 0 atom stereocenters. The van der Waals surface area contributed by atoms with Gasteiger partial charge in [-0.25, -0.2) is 4.79 Å². The SMILES string of the molecule is Nc1ccc(C(=O)O)c(NCCc2ccccc2)c1. The summed E-state index contributed by atoms with van der Waals surface area (Å²) in [7, 11) is 0. The van der Waals surface area contributed by atoms with Crippen molar-refractivity contribution in [2.24, 2.45) is 0 Å². The summed E-state index contributed by atoms with van der Waals surface area (Å²) in [6.45, 7) is 0.660. The lowest BCUT2D eigenvalue weighted by Crippen LogP contribution is -2.10. The first kappa shape index (κ1) is 13.0. The summed E-state index contributed by atoms with van der Waals surface area (Å²) in [5.41, 5.74) is 8.23. The van der Waals surface area contributed by atoms with Crippen molar-refractivity contribution in [3.63, 3.8) is 0 Å². The molecule has 19 heavy (non-hydrogen) atoms. The van der Waals surface area contributed by atoms with E-state index < -0.39 is 5.97 Å². The van der Waals surface area contributed by atoms with Crippen molar-refractivity contribution >= 4 is 17.3 Å². The summed E-state index contributed by atoms with van der Waals surface area (Å²) in [6.07, 6.45) is 0.828. The molecule has 0 aliphatic carbocycles. The average Bonchev–Trinajstić information content (AvgIpc) is 2.39. The molecular weight excluding hydrogens is 240 g/mol. The first-order valence-corrected chi connectivity index (χ1v) is 6.07. The minimum Gasteiger partial charge on any atom is -0.478 e. The second-order valence-corrected chi connectivity index (χ2v) is 4.27. The molecule has 98 valence electrons. The van der Waals surface area contributed by atoms with Crippen LogP contribution in [0.25, 0.3) is 0 Å². The Morgan fingerprint density at radius 3 is 2.58 bits per heavy atom. The van der Waals surface area contributed by atoms with Crippen LogP contribution in [0.3, 0.4) is 0 Å². The molecule has 0 bridgehead atoms. The Balaban J connectivity index is 2.03. The van der Waals surface area contributed by atoms with E-state index in [4.69, 9.17) is 10.8 Å². The third-order valence-electron chi connectivity index (χ3n) is 2.85. The lowest BCUT2D eigenvalue weighted by atomic mass is 10.1. The number of aromatic carboxylic acids is 1. The summed E-state index contributed by atoms with van der Waals surface area (Å²) in [5, 5.41) is 12.2. The molecule has 0 heterocycles. The summed E-state index contributed by atoms with van der Waals surface area (Å²) >= 11 is 0. The minimum atomic E-state index is -0.956. The maximum Gasteiger partial charge on any atom is 0.337 e. The van der Waals surface area contributed by atoms with Gasteiger partial charge in [0.1, 0.15) is 0 Å². The fourth-order valence-corrected chi connectivity index (χ4v) is 1.88. The predicted octanol–water partition coefficient (Wildman–Crippen LogP) is 2.62. The van der Waals surface area contributed by atoms with Crippen LogP contribution in [0.15, 0.2) is 48.5 Å². The summed E-state index contributed by atoms with van der Waals surface area (Å²) in [5.74, 6) is -0.956. The van der Waals surface area contributed by atoms with E-state index >= 15 is 0 Å². The highest BCUT2D eigenvalue weighted by Gasteiger charge is 2.09. The van der Waals surface area contributed by atoms with Crippen LogP contribution in [-0.2, 0) is 6.42 Å². The minimum absolute atomic E-state index is 0.238. The maximum absolute atomic E-state index is 11.1. The van der Waals surface area contributed by atoms with Gasteiger partial charge in [-0.1, -0.05) is 30.3 Å². The highest BCUT2D eigenvalue weighted by Crippen LogP contribution is 2.19. The second-order valence-electron chi connectivity index (χ2n) is 4.27. The van der Waals surface area contributed by atoms with E-state index in [0.717, 1.165) is 6.42 Å². The molecule has 0 saturated carbocycles. The molecule has 0 aromatic heterocycles. The highest BCUT2D eigenvalue weighted by atomic mass is 16.4. The van der Waals surface area contributed by atoms with Gasteiger partial charge in [0.05, 0.1) is 11.3 Å². The van der Waals surface area contributed by atoms with Crippen molar-refractivity contribution in [1.82, 2.24) is 0 Å². The number of nitrogens with one attached hydrogen (secondary N) is 1. The van der Waals surface area contributed by atoms with E-state index in [2.05, 4.69) is 5.32 Å². The van der Waals surface area contributed by atoms with E-state index in [0.29, 0.717) is 17.9 Å². The Kier molecular flexibility index (Phi) is 4.03. The predicted molar refractivity (Wildman–Crippen MR) is 76.4 cm³/mol. The Hall–Kier alpha value is -2.49. The number of benzene rings is 2. The molecule has 0 unspecified atom stereocenters. The van der Waals surface area contributed by atoms with E-state index in [1.165, 1.54) is 11.6 Å². The Bertz CT molecular complexity index is 568. The van der Waals surface area contributed by atoms with Crippen LogP contribution < -0.4 is 11.1 Å². The zero-order chi connectivity index (χ0) is 13.7. The van der Waals surface area contributed by atoms with E-state index in [1.54, 1.807) is 12.1 Å². The van der Waals surface area contributed by atoms with Crippen LogP contribution in [0, 0.1) is 0 Å². The fourth-order valence-electron chi connectivity index (χ4n) is 1.88. The number of carboxylic acid groups (broad SMARTS) is 1. The second kappa shape index (κ2) is 5.91. The molecule has 0 spiro atoms. The molecule has 0 radical (unpaired) electrons. The van der Waals surface area contributed by atoms with Gasteiger partial charge in [-0.3, -0.25) is 0 Å². The fraction of sp³-hybridized carbons (Fsp3) is 0.133. The number of nitrogen functional groups attached to an aromatic ring is 1. The molecule has 0 amide bonds. The number of nitrogens with two attached hydrogens (primary N) is 1. The van der Waals surface area contributed by atoms with Crippen molar-refractivity contribution in [3.05, 3.63) is 59.7 Å². The van der Waals surface area contributed by atoms with Crippen LogP contribution in [0.2, 0.25) is 0 Å². The number of carboxylic acids is 1. The third-order valence-corrected chi connectivity index (χ3v) is 2.85. The van der Waals surface area contributed by atoms with Gasteiger partial charge >= 0.3 is 5.97 Å². The molecule has 4 heteroatoms. The molecule has 2 rings (SSSR count). The molecule has 4 N–H and O–H groups in total. The van der Waals surface area contributed by atoms with Crippen molar-refractivity contribution in [3.8, 4) is 0 Å². The van der Waals surface area contributed by atoms with Crippen molar-refractivity contribution in [2.45, 2.75) is 6.42 Å². The van der Waals surface area contributed by atoms with Crippen molar-refractivity contribution in [2.75, 3.05) is 17.6 Å². The molecule has 2 aromatic rings. The topological polar surface area (TPSA) is 75.4 Å². The molecule has 4 nitrogen and oxygen atoms in total. The molecule has 2 aromatic carbocycles. The maximum atomic E-state index is 11.1. The zero-order valence-electron chi connectivity index (χ0n) is 10.5. The van der Waals surface area contributed by atoms with Gasteiger partial charge in [-0.05, 0) is 30.2 Å². The van der Waals surface area contributed by atoms with Crippen molar-refractivity contribution < 1.29 is 9.90 Å². The van der Waals surface area contributed by atoms with Crippen LogP contribution >= 0.6 is 0 Å². The van der Waals surface area contributed by atoms with Gasteiger partial charge in [-0.15, -0.1) is 0 Å². The molecule has 0 aliphatic heterocycles. The van der Waals surface area contributed by atoms with Gasteiger partial charge < -0.3 is 16.2 Å². The smallest absolute Gasteiger partial charge is 0.337 e. The highest BCUT2D eigenvalue weighted by molar-refractivity contribution is 5.95. The Labute approximate surface area is 111 Å². The van der Waals surface area contributed by atoms with E-state index in [1.807, 2.05) is 30.3 Å². The number of anilines is 2. The quantitative estimate of drug-likeness (QED) is 0.719. The summed E-state index contributed by atoms with van der Waals surface area (Å²) in [4.78, 5) is 11.1. The summed E-state index contributed by atoms with van der Waals surface area (Å²) < 4.78 is 0. The first-order chi connectivity index (χ1) is 9.16. The monoisotopic (exact) mass is 256 g/mol. The van der Waals surface area contributed by atoms with Gasteiger partial charge in [0.25, 0.3) is 0 Å². The average molecular weight is 256 g/mol.